The molecule has 0 N–H and O–H groups in total. The number of rotatable bonds is 12. The quantitative estimate of drug-likeness (QED) is 0.0925. The molecule has 0 spiro atoms. The fraction of sp³-hybridized carbons (Fsp3) is 0.277. The Morgan fingerprint density at radius 2 is 0.745 bits per heavy atom. The first-order chi connectivity index (χ1) is 24.4. The van der Waals surface area contributed by atoms with Gasteiger partial charge in [0.2, 0.25) is 0 Å². The largest absolute Gasteiger partial charge is 0.488 e. The first kappa shape index (κ1) is 34.7. The molecular formula is C47H54N3O+3. The van der Waals surface area contributed by atoms with E-state index in [4.69, 9.17) is 4.74 Å². The molecule has 0 saturated carbocycles. The second-order valence-electron chi connectivity index (χ2n) is 16.8. The van der Waals surface area contributed by atoms with Crippen molar-refractivity contribution in [2.24, 2.45) is 0 Å². The van der Waals surface area contributed by atoms with Crippen LogP contribution in [0.15, 0.2) is 127 Å². The van der Waals surface area contributed by atoms with Crippen molar-refractivity contribution in [1.82, 2.24) is 0 Å². The summed E-state index contributed by atoms with van der Waals surface area (Å²) in [6.45, 7) is 6.15. The molecule has 7 rings (SSSR count). The van der Waals surface area contributed by atoms with Gasteiger partial charge in [-0.3, -0.25) is 0 Å². The van der Waals surface area contributed by atoms with Crippen LogP contribution >= 0.6 is 0 Å². The van der Waals surface area contributed by atoms with Crippen molar-refractivity contribution in [2.45, 2.75) is 0 Å². The molecule has 0 unspecified atom stereocenters. The molecule has 0 atom stereocenters. The van der Waals surface area contributed by atoms with Crippen LogP contribution in [0.5, 0.6) is 5.75 Å². The second kappa shape index (κ2) is 13.8. The van der Waals surface area contributed by atoms with Gasteiger partial charge in [-0.05, 0) is 95.7 Å². The van der Waals surface area contributed by atoms with Gasteiger partial charge in [0, 0.05) is 0 Å². The Morgan fingerprint density at radius 3 is 1.14 bits per heavy atom. The number of hydrogen-bond acceptors (Lipinski definition) is 1. The summed E-state index contributed by atoms with van der Waals surface area (Å²) in [4.78, 5) is 0. The van der Waals surface area contributed by atoms with Crippen LogP contribution in [0.3, 0.4) is 0 Å². The lowest BCUT2D eigenvalue weighted by Crippen LogP contribution is -2.54. The Bertz CT molecular complexity index is 2100. The van der Waals surface area contributed by atoms with E-state index in [0.717, 1.165) is 38.8 Å². The predicted molar refractivity (Wildman–Crippen MR) is 219 cm³/mol. The fourth-order valence-electron chi connectivity index (χ4n) is 7.37. The molecule has 4 heteroatoms. The minimum absolute atomic E-state index is 0.648. The Labute approximate surface area is 304 Å². The standard InChI is InChI=1S/C47H54N3O/c1-48(2,3)24-25-49(4,5)26-27-50(6,7)28-29-51-41-33-39(46-42-20-12-8-16-35(42)30-36-17-9-13-21-43(36)46)32-40(34-41)47-44-22-14-10-18-37(44)31-38-19-11-15-23-45(38)47/h8-23,30-34H,24-29H2,1-7H3/q+3. The maximum atomic E-state index is 6.82. The van der Waals surface area contributed by atoms with Crippen molar-refractivity contribution in [3.63, 3.8) is 0 Å². The molecule has 0 aromatic heterocycles. The Balaban J connectivity index is 1.30. The van der Waals surface area contributed by atoms with Gasteiger partial charge in [-0.15, -0.1) is 0 Å². The van der Waals surface area contributed by atoms with E-state index in [1.54, 1.807) is 0 Å². The number of benzene rings is 7. The van der Waals surface area contributed by atoms with Crippen LogP contribution in [0.25, 0.3) is 65.3 Å². The third-order valence-electron chi connectivity index (χ3n) is 10.7. The minimum atomic E-state index is 0.648. The summed E-state index contributed by atoms with van der Waals surface area (Å²) in [5.41, 5.74) is 4.87. The number of fused-ring (bicyclic) bond motifs is 4. The van der Waals surface area contributed by atoms with E-state index in [9.17, 15) is 0 Å². The van der Waals surface area contributed by atoms with Crippen LogP contribution in [0, 0.1) is 0 Å². The van der Waals surface area contributed by atoms with Crippen LogP contribution in [0.2, 0.25) is 0 Å². The molecular weight excluding hydrogens is 623 g/mol. The van der Waals surface area contributed by atoms with Gasteiger partial charge in [-0.2, -0.15) is 0 Å². The van der Waals surface area contributed by atoms with Gasteiger partial charge >= 0.3 is 0 Å². The second-order valence-corrected chi connectivity index (χ2v) is 16.8. The lowest BCUT2D eigenvalue weighted by Gasteiger charge is -2.37. The maximum Gasteiger partial charge on any atom is 0.137 e. The summed E-state index contributed by atoms with van der Waals surface area (Å²) in [5, 5.41) is 10.0. The van der Waals surface area contributed by atoms with E-state index in [0.29, 0.717) is 6.61 Å². The van der Waals surface area contributed by atoms with E-state index < -0.39 is 0 Å². The van der Waals surface area contributed by atoms with Crippen molar-refractivity contribution >= 4 is 43.1 Å². The molecule has 7 aromatic carbocycles. The van der Waals surface area contributed by atoms with Gasteiger partial charge in [0.1, 0.15) is 45.1 Å². The predicted octanol–water partition coefficient (Wildman–Crippen LogP) is 9.87. The molecule has 0 aliphatic heterocycles. The monoisotopic (exact) mass is 676 g/mol. The zero-order valence-electron chi connectivity index (χ0n) is 31.6. The number of nitrogens with zero attached hydrogens (tertiary/aromatic N) is 3. The van der Waals surface area contributed by atoms with Crippen LogP contribution in [0.1, 0.15) is 0 Å². The van der Waals surface area contributed by atoms with Crippen LogP contribution in [0.4, 0.5) is 0 Å². The molecule has 7 aromatic rings. The number of quaternary nitrogens is 3. The molecule has 0 bridgehead atoms. The molecule has 0 fully saturated rings. The smallest absolute Gasteiger partial charge is 0.137 e. The Kier molecular flexibility index (Phi) is 9.36. The van der Waals surface area contributed by atoms with Gasteiger partial charge in [0.25, 0.3) is 0 Å². The molecule has 51 heavy (non-hydrogen) atoms. The van der Waals surface area contributed by atoms with Gasteiger partial charge < -0.3 is 18.2 Å². The average Bonchev–Trinajstić information content (AvgIpc) is 3.11. The number of likely N-dealkylation sites (N-methyl/N-ethyl adjacent to an activating group) is 3. The van der Waals surface area contributed by atoms with E-state index >= 15 is 0 Å². The summed E-state index contributed by atoms with van der Waals surface area (Å²) in [6, 6.07) is 46.7. The fourth-order valence-corrected chi connectivity index (χ4v) is 7.37. The van der Waals surface area contributed by atoms with Crippen LogP contribution < -0.4 is 4.74 Å². The molecule has 260 valence electrons. The van der Waals surface area contributed by atoms with Gasteiger partial charge in [0.15, 0.2) is 0 Å². The van der Waals surface area contributed by atoms with Crippen molar-refractivity contribution in [3.05, 3.63) is 127 Å². The van der Waals surface area contributed by atoms with Crippen LogP contribution in [-0.2, 0) is 0 Å². The molecule has 0 heterocycles. The van der Waals surface area contributed by atoms with Crippen molar-refractivity contribution in [1.29, 1.82) is 0 Å². The molecule has 0 aliphatic carbocycles. The zero-order valence-corrected chi connectivity index (χ0v) is 31.6. The van der Waals surface area contributed by atoms with E-state index in [2.05, 4.69) is 177 Å². The first-order valence-electron chi connectivity index (χ1n) is 18.4. The normalized spacial score (nSPS) is 12.7. The highest BCUT2D eigenvalue weighted by molar-refractivity contribution is 6.15. The first-order valence-corrected chi connectivity index (χ1v) is 18.4. The summed E-state index contributed by atoms with van der Waals surface area (Å²) in [7, 11) is 16.3. The Morgan fingerprint density at radius 1 is 0.392 bits per heavy atom. The van der Waals surface area contributed by atoms with Gasteiger partial charge in [-0.1, -0.05) is 97.1 Å². The third-order valence-corrected chi connectivity index (χ3v) is 10.7. The highest BCUT2D eigenvalue weighted by Gasteiger charge is 2.25. The van der Waals surface area contributed by atoms with Crippen molar-refractivity contribution in [2.75, 3.05) is 88.7 Å². The summed E-state index contributed by atoms with van der Waals surface area (Å²) < 4.78 is 9.76. The highest BCUT2D eigenvalue weighted by Crippen LogP contribution is 2.43. The third kappa shape index (κ3) is 7.79. The average molecular weight is 677 g/mol. The van der Waals surface area contributed by atoms with Gasteiger partial charge in [0.05, 0.1) is 49.3 Å². The van der Waals surface area contributed by atoms with Gasteiger partial charge in [-0.25, -0.2) is 0 Å². The van der Waals surface area contributed by atoms with E-state index in [-0.39, 0.29) is 0 Å². The number of hydrogen-bond donors (Lipinski definition) is 0. The lowest BCUT2D eigenvalue weighted by atomic mass is 9.88. The zero-order chi connectivity index (χ0) is 35.8. The molecule has 0 radical (unpaired) electrons. The molecule has 0 saturated heterocycles. The lowest BCUT2D eigenvalue weighted by molar-refractivity contribution is -0.963. The summed E-state index contributed by atoms with van der Waals surface area (Å²) in [5.74, 6) is 0.913. The van der Waals surface area contributed by atoms with E-state index in [1.807, 2.05) is 0 Å². The highest BCUT2D eigenvalue weighted by atomic mass is 16.5. The molecule has 0 amide bonds. The molecule has 0 aliphatic rings. The van der Waals surface area contributed by atoms with Crippen molar-refractivity contribution < 1.29 is 18.2 Å². The van der Waals surface area contributed by atoms with Crippen molar-refractivity contribution in [3.8, 4) is 28.0 Å². The Hall–Kier alpha value is -4.74. The topological polar surface area (TPSA) is 9.23 Å². The van der Waals surface area contributed by atoms with Crippen LogP contribution in [-0.4, -0.2) is 102 Å². The minimum Gasteiger partial charge on any atom is -0.488 e. The summed E-state index contributed by atoms with van der Waals surface area (Å²) >= 11 is 0. The SMILES string of the molecule is C[N+](C)(C)CC[N+](C)(C)CC[N+](C)(C)CCOc1cc(-c2c3ccccc3cc3ccccc23)cc(-c2c3ccccc3cc3ccccc23)c1. The van der Waals surface area contributed by atoms with E-state index in [1.165, 1.54) is 78.4 Å². The molecule has 4 nitrogen and oxygen atoms in total. The maximum absolute atomic E-state index is 6.82. The summed E-state index contributed by atoms with van der Waals surface area (Å²) in [6.07, 6.45) is 0. The number of ether oxygens (including phenoxy) is 1.